The Morgan fingerprint density at radius 3 is 2.84 bits per heavy atom. The van der Waals surface area contributed by atoms with Crippen LogP contribution in [0.1, 0.15) is 27.9 Å². The van der Waals surface area contributed by atoms with E-state index >= 15 is 0 Å². The van der Waals surface area contributed by atoms with E-state index in [2.05, 4.69) is 47.7 Å². The van der Waals surface area contributed by atoms with Crippen LogP contribution in [0, 0.1) is 26.6 Å². The molecular formula is C23H22ClFN4O2. The van der Waals surface area contributed by atoms with Gasteiger partial charge in [0, 0.05) is 0 Å². The highest BCUT2D eigenvalue weighted by molar-refractivity contribution is 6.30. The SMILES string of the molecule is Cc1ccc(CC2CONC(c3c(Oc4cccc(Cl)c4F)cnnc3C)=N2)c(C)c1. The summed E-state index contributed by atoms with van der Waals surface area (Å²) in [6, 6.07) is 10.8. The van der Waals surface area contributed by atoms with E-state index in [-0.39, 0.29) is 16.8 Å². The number of amidine groups is 1. The van der Waals surface area contributed by atoms with Gasteiger partial charge in [-0.2, -0.15) is 10.2 Å². The number of halogens is 2. The quantitative estimate of drug-likeness (QED) is 0.612. The summed E-state index contributed by atoms with van der Waals surface area (Å²) in [5.74, 6) is 0.110. The van der Waals surface area contributed by atoms with Gasteiger partial charge in [-0.15, -0.1) is 0 Å². The zero-order valence-corrected chi connectivity index (χ0v) is 18.2. The lowest BCUT2D eigenvalue weighted by Crippen LogP contribution is -2.37. The molecule has 1 aliphatic rings. The minimum atomic E-state index is -0.646. The Hall–Kier alpha value is -3.03. The Kier molecular flexibility index (Phi) is 6.15. The molecule has 6 nitrogen and oxygen atoms in total. The van der Waals surface area contributed by atoms with Crippen LogP contribution in [0.15, 0.2) is 47.6 Å². The topological polar surface area (TPSA) is 68.6 Å². The monoisotopic (exact) mass is 440 g/mol. The highest BCUT2D eigenvalue weighted by Crippen LogP contribution is 2.31. The van der Waals surface area contributed by atoms with Gasteiger partial charge in [0.15, 0.2) is 23.2 Å². The molecule has 1 unspecified atom stereocenters. The maximum atomic E-state index is 14.4. The predicted molar refractivity (Wildman–Crippen MR) is 117 cm³/mol. The van der Waals surface area contributed by atoms with Crippen molar-refractivity contribution < 1.29 is 14.0 Å². The van der Waals surface area contributed by atoms with Crippen molar-refractivity contribution in [3.8, 4) is 11.5 Å². The van der Waals surface area contributed by atoms with E-state index in [4.69, 9.17) is 26.2 Å². The van der Waals surface area contributed by atoms with Gasteiger partial charge in [-0.1, -0.05) is 41.4 Å². The molecule has 3 aromatic rings. The van der Waals surface area contributed by atoms with Crippen molar-refractivity contribution >= 4 is 17.4 Å². The minimum absolute atomic E-state index is 0.00897. The first-order valence-electron chi connectivity index (χ1n) is 9.88. The Morgan fingerprint density at radius 2 is 2.03 bits per heavy atom. The fourth-order valence-corrected chi connectivity index (χ4v) is 3.67. The summed E-state index contributed by atoms with van der Waals surface area (Å²) in [4.78, 5) is 10.4. The van der Waals surface area contributed by atoms with Crippen molar-refractivity contribution in [3.63, 3.8) is 0 Å². The van der Waals surface area contributed by atoms with E-state index in [1.54, 1.807) is 13.0 Å². The van der Waals surface area contributed by atoms with Crippen molar-refractivity contribution in [2.75, 3.05) is 6.61 Å². The molecule has 4 rings (SSSR count). The summed E-state index contributed by atoms with van der Waals surface area (Å²) in [6.45, 7) is 6.37. The number of benzene rings is 2. The summed E-state index contributed by atoms with van der Waals surface area (Å²) in [5.41, 5.74) is 7.63. The number of aliphatic imine (C=N–C) groups is 1. The number of hydrogen-bond donors (Lipinski definition) is 1. The van der Waals surface area contributed by atoms with Gasteiger partial charge in [-0.3, -0.25) is 9.83 Å². The van der Waals surface area contributed by atoms with E-state index < -0.39 is 5.82 Å². The van der Waals surface area contributed by atoms with Crippen LogP contribution in [0.3, 0.4) is 0 Å². The maximum absolute atomic E-state index is 14.4. The number of hydrogen-bond acceptors (Lipinski definition) is 6. The third kappa shape index (κ3) is 4.68. The van der Waals surface area contributed by atoms with Crippen molar-refractivity contribution in [2.45, 2.75) is 33.2 Å². The number of nitrogens with one attached hydrogen (secondary N) is 1. The molecule has 1 aromatic heterocycles. The summed E-state index contributed by atoms with van der Waals surface area (Å²) in [7, 11) is 0. The van der Waals surface area contributed by atoms with Gasteiger partial charge in [-0.05, 0) is 50.5 Å². The molecule has 2 heterocycles. The third-order valence-electron chi connectivity index (χ3n) is 5.07. The zero-order chi connectivity index (χ0) is 22.0. The van der Waals surface area contributed by atoms with Gasteiger partial charge >= 0.3 is 0 Å². The molecule has 1 atom stereocenters. The van der Waals surface area contributed by atoms with Gasteiger partial charge in [0.2, 0.25) is 0 Å². The van der Waals surface area contributed by atoms with Crippen molar-refractivity contribution in [2.24, 2.45) is 4.99 Å². The molecule has 0 amide bonds. The molecule has 1 N–H and O–H groups in total. The van der Waals surface area contributed by atoms with E-state index in [1.807, 2.05) is 0 Å². The van der Waals surface area contributed by atoms with Crippen LogP contribution in [-0.2, 0) is 11.3 Å². The first-order chi connectivity index (χ1) is 14.9. The normalized spacial score (nSPS) is 15.9. The van der Waals surface area contributed by atoms with Crippen LogP contribution in [0.25, 0.3) is 0 Å². The number of nitrogens with zero attached hydrogens (tertiary/aromatic N) is 3. The molecule has 0 saturated carbocycles. The van der Waals surface area contributed by atoms with Crippen molar-refractivity contribution in [1.29, 1.82) is 0 Å². The lowest BCUT2D eigenvalue weighted by molar-refractivity contribution is 0.0622. The molecule has 0 bridgehead atoms. The molecule has 0 saturated heterocycles. The lowest BCUT2D eigenvalue weighted by atomic mass is 9.99. The number of ether oxygens (including phenoxy) is 1. The van der Waals surface area contributed by atoms with Gasteiger partial charge in [0.1, 0.15) is 0 Å². The second kappa shape index (κ2) is 8.99. The summed E-state index contributed by atoms with van der Waals surface area (Å²) in [6.07, 6.45) is 2.15. The molecule has 2 aromatic carbocycles. The van der Waals surface area contributed by atoms with E-state index in [0.717, 1.165) is 6.42 Å². The van der Waals surface area contributed by atoms with Crippen LogP contribution in [0.2, 0.25) is 5.02 Å². The molecule has 0 fully saturated rings. The number of hydroxylamine groups is 1. The molecule has 0 aliphatic carbocycles. The van der Waals surface area contributed by atoms with Crippen molar-refractivity contribution in [1.82, 2.24) is 15.7 Å². The minimum Gasteiger partial charge on any atom is -0.452 e. The van der Waals surface area contributed by atoms with Crippen molar-refractivity contribution in [3.05, 3.63) is 81.4 Å². The predicted octanol–water partition coefficient (Wildman–Crippen LogP) is 4.88. The van der Waals surface area contributed by atoms with Gasteiger partial charge in [-0.25, -0.2) is 9.87 Å². The fraction of sp³-hybridized carbons (Fsp3) is 0.261. The molecule has 31 heavy (non-hydrogen) atoms. The fourth-order valence-electron chi connectivity index (χ4n) is 3.51. The Bertz CT molecular complexity index is 1150. The molecule has 0 spiro atoms. The second-order valence-corrected chi connectivity index (χ2v) is 7.91. The van der Waals surface area contributed by atoms with E-state index in [0.29, 0.717) is 29.4 Å². The highest BCUT2D eigenvalue weighted by Gasteiger charge is 2.24. The first-order valence-corrected chi connectivity index (χ1v) is 10.3. The largest absolute Gasteiger partial charge is 0.452 e. The molecule has 8 heteroatoms. The lowest BCUT2D eigenvalue weighted by Gasteiger charge is -2.24. The van der Waals surface area contributed by atoms with Crippen LogP contribution < -0.4 is 10.2 Å². The van der Waals surface area contributed by atoms with Gasteiger partial charge < -0.3 is 4.74 Å². The number of rotatable bonds is 5. The highest BCUT2D eigenvalue weighted by atomic mass is 35.5. The zero-order valence-electron chi connectivity index (χ0n) is 17.4. The van der Waals surface area contributed by atoms with Crippen LogP contribution in [-0.4, -0.2) is 28.7 Å². The van der Waals surface area contributed by atoms with E-state index in [1.165, 1.54) is 35.0 Å². The maximum Gasteiger partial charge on any atom is 0.184 e. The first kappa shape index (κ1) is 21.2. The number of aromatic nitrogens is 2. The summed E-state index contributed by atoms with van der Waals surface area (Å²) < 4.78 is 20.2. The summed E-state index contributed by atoms with van der Waals surface area (Å²) in [5, 5.41) is 8.02. The summed E-state index contributed by atoms with van der Waals surface area (Å²) >= 11 is 5.88. The molecule has 1 aliphatic heterocycles. The average Bonchev–Trinajstić information content (AvgIpc) is 2.74. The van der Waals surface area contributed by atoms with Crippen LogP contribution in [0.5, 0.6) is 11.5 Å². The Morgan fingerprint density at radius 1 is 1.19 bits per heavy atom. The van der Waals surface area contributed by atoms with Crippen LogP contribution >= 0.6 is 11.6 Å². The second-order valence-electron chi connectivity index (χ2n) is 7.50. The number of aryl methyl sites for hydroxylation is 3. The smallest absolute Gasteiger partial charge is 0.184 e. The Labute approximate surface area is 185 Å². The van der Waals surface area contributed by atoms with Gasteiger partial charge in [0.05, 0.1) is 35.1 Å². The third-order valence-corrected chi connectivity index (χ3v) is 5.37. The molecular weight excluding hydrogens is 419 g/mol. The molecule has 0 radical (unpaired) electrons. The molecule has 160 valence electrons. The van der Waals surface area contributed by atoms with Gasteiger partial charge in [0.25, 0.3) is 0 Å². The standard InChI is InChI=1S/C23H22ClFN4O2/c1-13-7-8-16(14(2)9-13)10-17-12-30-29-23(27-17)21-15(3)28-26-11-20(21)31-19-6-4-5-18(24)22(19)25/h4-9,11,17H,10,12H2,1-3H3,(H,27,29). The Balaban J connectivity index is 1.66. The van der Waals surface area contributed by atoms with Crippen LogP contribution in [0.4, 0.5) is 4.39 Å². The van der Waals surface area contributed by atoms with E-state index in [9.17, 15) is 4.39 Å². The average molecular weight is 441 g/mol.